The second-order valence-electron chi connectivity index (χ2n) is 12.4. The van der Waals surface area contributed by atoms with Crippen LogP contribution in [0.5, 0.6) is 0 Å². The van der Waals surface area contributed by atoms with Gasteiger partial charge in [-0.15, -0.1) is 11.3 Å². The number of ether oxygens (including phenoxy) is 2. The molecule has 206 valence electrons. The lowest BCUT2D eigenvalue weighted by atomic mass is 9.78. The second-order valence-corrected chi connectivity index (χ2v) is 13.5. The molecule has 2 N–H and O–H groups in total. The molecule has 3 aliphatic rings. The Bertz CT molecular complexity index is 1010. The maximum atomic E-state index is 14.2. The number of anilines is 1. The van der Waals surface area contributed by atoms with Crippen LogP contribution < -0.4 is 4.90 Å². The average Bonchev–Trinajstić information content (AvgIpc) is 3.50. The lowest BCUT2D eigenvalue weighted by molar-refractivity contribution is -0.125. The van der Waals surface area contributed by atoms with Gasteiger partial charge in [-0.1, -0.05) is 39.3 Å². The van der Waals surface area contributed by atoms with E-state index in [1.807, 2.05) is 6.07 Å². The highest BCUT2D eigenvalue weighted by Crippen LogP contribution is 2.43. The number of thiophene rings is 1. The fraction of sp³-hybridized carbons (Fsp3) is 0.724. The molecule has 4 rings (SSSR count). The first kappa shape index (κ1) is 28.3. The van der Waals surface area contributed by atoms with Gasteiger partial charge in [-0.05, 0) is 69.3 Å². The Morgan fingerprint density at radius 3 is 2.51 bits per heavy atom. The molecular formula is C29H43NO6S. The van der Waals surface area contributed by atoms with E-state index in [1.165, 1.54) is 16.9 Å². The fourth-order valence-electron chi connectivity index (χ4n) is 5.86. The molecule has 3 atom stereocenters. The number of rotatable bonds is 7. The van der Waals surface area contributed by atoms with Gasteiger partial charge in [0.2, 0.25) is 5.91 Å². The first-order valence-corrected chi connectivity index (χ1v) is 14.5. The molecular weight excluding hydrogens is 490 g/mol. The summed E-state index contributed by atoms with van der Waals surface area (Å²) in [7, 11) is 0. The number of carboxylic acid groups (broad SMARTS) is 1. The Morgan fingerprint density at radius 2 is 1.95 bits per heavy atom. The number of hydrogen-bond donors (Lipinski definition) is 2. The number of allylic oxidation sites excluding steroid dienone is 2. The summed E-state index contributed by atoms with van der Waals surface area (Å²) in [6.07, 6.45) is 6.79. The number of carbonyl (C=O) groups is 2. The van der Waals surface area contributed by atoms with Gasteiger partial charge >= 0.3 is 5.97 Å². The number of hydrogen-bond acceptors (Lipinski definition) is 6. The average molecular weight is 534 g/mol. The van der Waals surface area contributed by atoms with Crippen LogP contribution in [-0.2, 0) is 19.7 Å². The zero-order valence-corrected chi connectivity index (χ0v) is 23.7. The van der Waals surface area contributed by atoms with Crippen molar-refractivity contribution in [3.05, 3.63) is 27.5 Å². The van der Waals surface area contributed by atoms with Crippen molar-refractivity contribution in [3.8, 4) is 0 Å². The van der Waals surface area contributed by atoms with E-state index in [0.717, 1.165) is 17.7 Å². The lowest BCUT2D eigenvalue weighted by Crippen LogP contribution is -2.51. The van der Waals surface area contributed by atoms with Gasteiger partial charge in [0, 0.05) is 23.4 Å². The fourth-order valence-corrected chi connectivity index (χ4v) is 6.90. The molecule has 1 saturated carbocycles. The first-order chi connectivity index (χ1) is 17.4. The molecule has 1 aromatic heterocycles. The predicted octanol–water partition coefficient (Wildman–Crippen LogP) is 5.55. The van der Waals surface area contributed by atoms with Crippen LogP contribution in [0, 0.1) is 11.8 Å². The molecule has 1 saturated heterocycles. The third-order valence-corrected chi connectivity index (χ3v) is 9.78. The SMILES string of the molecule is CC1=CCC(C(=O)N(c2cc(C(C)(C)C)sc2C(=O)O)[C@H]2CC[C@](O)(CO[C@@H]3CCOC3)CC2)[C@H](C)C1. The number of aromatic carboxylic acids is 1. The molecule has 2 fully saturated rings. The summed E-state index contributed by atoms with van der Waals surface area (Å²) in [5.74, 6) is -0.988. The van der Waals surface area contributed by atoms with Gasteiger partial charge in [-0.25, -0.2) is 4.79 Å². The molecule has 37 heavy (non-hydrogen) atoms. The Morgan fingerprint density at radius 1 is 1.24 bits per heavy atom. The molecule has 8 heteroatoms. The summed E-state index contributed by atoms with van der Waals surface area (Å²) in [6.45, 7) is 11.9. The van der Waals surface area contributed by atoms with E-state index >= 15 is 0 Å². The van der Waals surface area contributed by atoms with Crippen molar-refractivity contribution in [2.45, 2.75) is 103 Å². The van der Waals surface area contributed by atoms with Crippen molar-refractivity contribution in [2.24, 2.45) is 11.8 Å². The molecule has 1 unspecified atom stereocenters. The van der Waals surface area contributed by atoms with Crippen molar-refractivity contribution in [1.82, 2.24) is 0 Å². The van der Waals surface area contributed by atoms with Crippen LogP contribution >= 0.6 is 11.3 Å². The Balaban J connectivity index is 1.61. The summed E-state index contributed by atoms with van der Waals surface area (Å²) < 4.78 is 11.3. The van der Waals surface area contributed by atoms with Crippen LogP contribution in [0.3, 0.4) is 0 Å². The minimum Gasteiger partial charge on any atom is -0.477 e. The summed E-state index contributed by atoms with van der Waals surface area (Å²) in [6, 6.07) is 1.76. The molecule has 0 aromatic carbocycles. The highest BCUT2D eigenvalue weighted by Gasteiger charge is 2.42. The summed E-state index contributed by atoms with van der Waals surface area (Å²) in [4.78, 5) is 29.6. The topological polar surface area (TPSA) is 96.3 Å². The minimum atomic E-state index is -1.000. The van der Waals surface area contributed by atoms with Gasteiger partial charge in [0.05, 0.1) is 30.6 Å². The number of nitrogens with zero attached hydrogens (tertiary/aromatic N) is 1. The van der Waals surface area contributed by atoms with E-state index in [2.05, 4.69) is 40.7 Å². The second kappa shape index (κ2) is 11.2. The molecule has 1 aromatic rings. The third-order valence-electron chi connectivity index (χ3n) is 8.24. The third kappa shape index (κ3) is 6.47. The molecule has 2 aliphatic carbocycles. The summed E-state index contributed by atoms with van der Waals surface area (Å²) >= 11 is 1.27. The van der Waals surface area contributed by atoms with Crippen molar-refractivity contribution in [1.29, 1.82) is 0 Å². The normalized spacial score (nSPS) is 30.7. The largest absolute Gasteiger partial charge is 0.477 e. The molecule has 7 nitrogen and oxygen atoms in total. The van der Waals surface area contributed by atoms with E-state index in [-0.39, 0.29) is 46.8 Å². The monoisotopic (exact) mass is 533 g/mol. The van der Waals surface area contributed by atoms with Crippen LogP contribution in [-0.4, -0.2) is 59.7 Å². The zero-order valence-electron chi connectivity index (χ0n) is 22.9. The van der Waals surface area contributed by atoms with Crippen LogP contribution in [0.25, 0.3) is 0 Å². The predicted molar refractivity (Wildman–Crippen MR) is 145 cm³/mol. The molecule has 1 aliphatic heterocycles. The number of aliphatic hydroxyl groups is 1. The van der Waals surface area contributed by atoms with E-state index in [4.69, 9.17) is 9.47 Å². The first-order valence-electron chi connectivity index (χ1n) is 13.7. The summed E-state index contributed by atoms with van der Waals surface area (Å²) in [5, 5.41) is 21.4. The van der Waals surface area contributed by atoms with Crippen molar-refractivity contribution in [3.63, 3.8) is 0 Å². The van der Waals surface area contributed by atoms with Gasteiger partial charge in [0.25, 0.3) is 0 Å². The van der Waals surface area contributed by atoms with E-state index in [0.29, 0.717) is 51.0 Å². The molecule has 0 radical (unpaired) electrons. The van der Waals surface area contributed by atoms with Crippen LogP contribution in [0.1, 0.15) is 94.1 Å². The molecule has 0 spiro atoms. The van der Waals surface area contributed by atoms with Crippen molar-refractivity contribution < 1.29 is 29.3 Å². The van der Waals surface area contributed by atoms with E-state index in [1.54, 1.807) is 4.90 Å². The minimum absolute atomic E-state index is 0.00630. The maximum absolute atomic E-state index is 14.2. The van der Waals surface area contributed by atoms with E-state index in [9.17, 15) is 19.8 Å². The zero-order chi connectivity index (χ0) is 27.0. The van der Waals surface area contributed by atoms with Gasteiger partial charge in [-0.3, -0.25) is 4.79 Å². The Kier molecular flexibility index (Phi) is 8.53. The van der Waals surface area contributed by atoms with E-state index < -0.39 is 11.6 Å². The van der Waals surface area contributed by atoms with Crippen LogP contribution in [0.4, 0.5) is 5.69 Å². The maximum Gasteiger partial charge on any atom is 0.348 e. The van der Waals surface area contributed by atoms with Crippen LogP contribution in [0.15, 0.2) is 17.7 Å². The van der Waals surface area contributed by atoms with Crippen LogP contribution in [0.2, 0.25) is 0 Å². The Labute approximate surface area is 224 Å². The number of carboxylic acids is 1. The molecule has 2 heterocycles. The van der Waals surface area contributed by atoms with Gasteiger partial charge in [0.1, 0.15) is 4.88 Å². The molecule has 1 amide bonds. The van der Waals surface area contributed by atoms with Gasteiger partial charge in [-0.2, -0.15) is 0 Å². The lowest BCUT2D eigenvalue weighted by Gasteiger charge is -2.42. The Hall–Kier alpha value is -1.74. The summed E-state index contributed by atoms with van der Waals surface area (Å²) in [5.41, 5.74) is 0.650. The van der Waals surface area contributed by atoms with Crippen molar-refractivity contribution >= 4 is 28.9 Å². The highest BCUT2D eigenvalue weighted by molar-refractivity contribution is 7.14. The van der Waals surface area contributed by atoms with Crippen molar-refractivity contribution in [2.75, 3.05) is 24.7 Å². The molecule has 0 bridgehead atoms. The number of carbonyl (C=O) groups excluding carboxylic acids is 1. The van der Waals surface area contributed by atoms with Gasteiger partial charge in [0.15, 0.2) is 0 Å². The number of amides is 1. The smallest absolute Gasteiger partial charge is 0.348 e. The highest BCUT2D eigenvalue weighted by atomic mass is 32.1. The quantitative estimate of drug-likeness (QED) is 0.446. The van der Waals surface area contributed by atoms with Gasteiger partial charge < -0.3 is 24.6 Å². The standard InChI is InChI=1S/C29H43NO6S/c1-18-6-7-22(19(2)14-18)26(31)30(23-15-24(28(3,4)5)37-25(23)27(32)33)20-8-11-29(34,12-9-20)17-36-21-10-13-35-16-21/h6,15,19-22,34H,7-14,16-17H2,1-5H3,(H,32,33)/t19-,20-,21-,22?,29+/m1/s1.